The van der Waals surface area contributed by atoms with Gasteiger partial charge in [-0.1, -0.05) is 27.7 Å². The van der Waals surface area contributed by atoms with Crippen LogP contribution < -0.4 is 0 Å². The van der Waals surface area contributed by atoms with E-state index in [9.17, 15) is 0 Å². The van der Waals surface area contributed by atoms with E-state index >= 15 is 0 Å². The Morgan fingerprint density at radius 2 is 1.77 bits per heavy atom. The van der Waals surface area contributed by atoms with Crippen molar-refractivity contribution in [3.8, 4) is 0 Å². The molecule has 1 aromatic heterocycles. The summed E-state index contributed by atoms with van der Waals surface area (Å²) in [6, 6.07) is 0. The minimum atomic E-state index is 0.424. The van der Waals surface area contributed by atoms with Gasteiger partial charge in [-0.3, -0.25) is 0 Å². The fraction of sp³-hybridized carbons (Fsp3) is 0.727. The Hall–Kier alpha value is -0.370. The molecule has 1 heterocycles. The van der Waals surface area contributed by atoms with Gasteiger partial charge in [0.15, 0.2) is 0 Å². The fourth-order valence-electron chi connectivity index (χ4n) is 2.45. The molecule has 0 spiro atoms. The number of hydrogen-bond acceptors (Lipinski definition) is 2. The second-order valence-electron chi connectivity index (χ2n) is 5.17. The standard InChI is InChI=1S/C11H17NS/c1-7-12-8(6-13-7)9-10(2,3)11(9,4)5/h6,9H,1-5H3. The Kier molecular flexibility index (Phi) is 1.66. The van der Waals surface area contributed by atoms with Crippen LogP contribution >= 0.6 is 11.3 Å². The van der Waals surface area contributed by atoms with Crippen molar-refractivity contribution in [1.29, 1.82) is 0 Å². The third kappa shape index (κ3) is 1.08. The predicted molar refractivity (Wildman–Crippen MR) is 57.2 cm³/mol. The highest BCUT2D eigenvalue weighted by Crippen LogP contribution is 2.73. The molecule has 0 saturated heterocycles. The number of hydrogen-bond donors (Lipinski definition) is 0. The van der Waals surface area contributed by atoms with Crippen molar-refractivity contribution in [2.24, 2.45) is 10.8 Å². The van der Waals surface area contributed by atoms with Crippen LogP contribution in [0.25, 0.3) is 0 Å². The van der Waals surface area contributed by atoms with Gasteiger partial charge in [-0.05, 0) is 17.8 Å². The first-order chi connectivity index (χ1) is 5.87. The third-order valence-corrected chi connectivity index (χ3v) is 4.75. The molecule has 72 valence electrons. The molecule has 2 heteroatoms. The van der Waals surface area contributed by atoms with Gasteiger partial charge in [0.2, 0.25) is 0 Å². The van der Waals surface area contributed by atoms with Crippen LogP contribution in [0, 0.1) is 17.8 Å². The van der Waals surface area contributed by atoms with Crippen LogP contribution in [0.1, 0.15) is 44.3 Å². The Balaban J connectivity index is 2.32. The Morgan fingerprint density at radius 1 is 1.23 bits per heavy atom. The highest BCUT2D eigenvalue weighted by Gasteiger charge is 2.65. The summed E-state index contributed by atoms with van der Waals surface area (Å²) in [5, 5.41) is 3.41. The number of aromatic nitrogens is 1. The molecule has 0 unspecified atom stereocenters. The third-order valence-electron chi connectivity index (χ3n) is 3.95. The van der Waals surface area contributed by atoms with E-state index in [1.165, 1.54) is 10.7 Å². The summed E-state index contributed by atoms with van der Waals surface area (Å²) in [4.78, 5) is 4.58. The zero-order valence-corrected chi connectivity index (χ0v) is 9.83. The second kappa shape index (κ2) is 2.35. The maximum absolute atomic E-state index is 4.58. The first kappa shape index (κ1) is 9.20. The average molecular weight is 195 g/mol. The lowest BCUT2D eigenvalue weighted by Crippen LogP contribution is -1.95. The van der Waals surface area contributed by atoms with Gasteiger partial charge in [0.05, 0.1) is 10.7 Å². The van der Waals surface area contributed by atoms with Crippen molar-refractivity contribution in [2.75, 3.05) is 0 Å². The number of nitrogens with zero attached hydrogens (tertiary/aromatic N) is 1. The predicted octanol–water partition coefficient (Wildman–Crippen LogP) is 3.60. The minimum Gasteiger partial charge on any atom is -0.246 e. The van der Waals surface area contributed by atoms with Crippen LogP contribution in [0.5, 0.6) is 0 Å². The zero-order chi connectivity index (χ0) is 9.85. The topological polar surface area (TPSA) is 12.9 Å². The molecule has 0 bridgehead atoms. The van der Waals surface area contributed by atoms with E-state index in [2.05, 4.69) is 45.0 Å². The second-order valence-corrected chi connectivity index (χ2v) is 6.23. The van der Waals surface area contributed by atoms with Crippen molar-refractivity contribution in [3.63, 3.8) is 0 Å². The molecule has 0 amide bonds. The van der Waals surface area contributed by atoms with Crippen molar-refractivity contribution < 1.29 is 0 Å². The highest BCUT2D eigenvalue weighted by atomic mass is 32.1. The molecule has 2 rings (SSSR count). The fourth-order valence-corrected chi connectivity index (χ4v) is 3.09. The summed E-state index contributed by atoms with van der Waals surface area (Å²) in [7, 11) is 0. The molecule has 1 saturated carbocycles. The molecule has 0 atom stereocenters. The van der Waals surface area contributed by atoms with E-state index in [0.29, 0.717) is 16.7 Å². The van der Waals surface area contributed by atoms with Crippen molar-refractivity contribution >= 4 is 11.3 Å². The van der Waals surface area contributed by atoms with Crippen molar-refractivity contribution in [3.05, 3.63) is 16.1 Å². The van der Waals surface area contributed by atoms with E-state index in [1.54, 1.807) is 11.3 Å². The van der Waals surface area contributed by atoms with Gasteiger partial charge in [0.1, 0.15) is 0 Å². The number of rotatable bonds is 1. The number of thiazole rings is 1. The molecule has 0 radical (unpaired) electrons. The van der Waals surface area contributed by atoms with E-state index < -0.39 is 0 Å². The van der Waals surface area contributed by atoms with Gasteiger partial charge in [-0.25, -0.2) is 4.98 Å². The smallest absolute Gasteiger partial charge is 0.0897 e. The van der Waals surface area contributed by atoms with Crippen molar-refractivity contribution in [1.82, 2.24) is 4.98 Å². The summed E-state index contributed by atoms with van der Waals surface area (Å²) in [6.07, 6.45) is 0. The number of aryl methyl sites for hydroxylation is 1. The van der Waals surface area contributed by atoms with Gasteiger partial charge < -0.3 is 0 Å². The molecule has 0 aliphatic heterocycles. The van der Waals surface area contributed by atoms with E-state index in [4.69, 9.17) is 0 Å². The quantitative estimate of drug-likeness (QED) is 0.667. The summed E-state index contributed by atoms with van der Waals surface area (Å²) in [6.45, 7) is 11.4. The van der Waals surface area contributed by atoms with Gasteiger partial charge in [-0.2, -0.15) is 0 Å². The van der Waals surface area contributed by atoms with Crippen LogP contribution in [0.3, 0.4) is 0 Å². The Morgan fingerprint density at radius 3 is 2.08 bits per heavy atom. The van der Waals surface area contributed by atoms with Crippen molar-refractivity contribution in [2.45, 2.75) is 40.5 Å². The first-order valence-electron chi connectivity index (χ1n) is 4.79. The van der Waals surface area contributed by atoms with Gasteiger partial charge in [-0.15, -0.1) is 11.3 Å². The molecular weight excluding hydrogens is 178 g/mol. The molecule has 1 aliphatic carbocycles. The SMILES string of the molecule is Cc1nc(C2C(C)(C)C2(C)C)cs1. The van der Waals surface area contributed by atoms with Gasteiger partial charge in [0.25, 0.3) is 0 Å². The van der Waals surface area contributed by atoms with E-state index in [-0.39, 0.29) is 0 Å². The molecule has 1 fully saturated rings. The summed E-state index contributed by atoms with van der Waals surface area (Å²) < 4.78 is 0. The van der Waals surface area contributed by atoms with Crippen LogP contribution in [-0.2, 0) is 0 Å². The molecule has 0 aromatic carbocycles. The molecule has 1 aliphatic rings. The van der Waals surface area contributed by atoms with Gasteiger partial charge in [0, 0.05) is 11.3 Å². The molecular formula is C11H17NS. The molecule has 1 aromatic rings. The van der Waals surface area contributed by atoms with E-state index in [0.717, 1.165) is 0 Å². The lowest BCUT2D eigenvalue weighted by Gasteiger charge is -2.03. The van der Waals surface area contributed by atoms with Crippen LogP contribution in [0.4, 0.5) is 0 Å². The molecule has 1 nitrogen and oxygen atoms in total. The lowest BCUT2D eigenvalue weighted by atomic mass is 10.0. The van der Waals surface area contributed by atoms with E-state index in [1.807, 2.05) is 0 Å². The Bertz CT molecular complexity index is 322. The van der Waals surface area contributed by atoms with Crippen LogP contribution in [0.15, 0.2) is 5.38 Å². The lowest BCUT2D eigenvalue weighted by molar-refractivity contribution is 0.457. The maximum atomic E-state index is 4.58. The summed E-state index contributed by atoms with van der Waals surface area (Å²) in [5.74, 6) is 0.657. The molecule has 13 heavy (non-hydrogen) atoms. The minimum absolute atomic E-state index is 0.424. The average Bonchev–Trinajstić information content (AvgIpc) is 2.32. The van der Waals surface area contributed by atoms with Crippen LogP contribution in [0.2, 0.25) is 0 Å². The summed E-state index contributed by atoms with van der Waals surface area (Å²) >= 11 is 1.76. The summed E-state index contributed by atoms with van der Waals surface area (Å²) in [5.41, 5.74) is 2.15. The Labute approximate surface area is 84.2 Å². The zero-order valence-electron chi connectivity index (χ0n) is 9.01. The van der Waals surface area contributed by atoms with Gasteiger partial charge >= 0.3 is 0 Å². The normalized spacial score (nSPS) is 24.7. The van der Waals surface area contributed by atoms with Crippen LogP contribution in [-0.4, -0.2) is 4.98 Å². The first-order valence-corrected chi connectivity index (χ1v) is 5.67. The monoisotopic (exact) mass is 195 g/mol. The largest absolute Gasteiger partial charge is 0.246 e. The molecule has 0 N–H and O–H groups in total. The maximum Gasteiger partial charge on any atom is 0.0897 e. The highest BCUT2D eigenvalue weighted by molar-refractivity contribution is 7.09.